The van der Waals surface area contributed by atoms with Crippen LogP contribution >= 0.6 is 0 Å². The SMILES string of the molecule is COc1ccc2oc3c(O[C@@H]4C[C@H]5C(=O)N[C@]6(C(=O)NS(=O)(=O)C7CC7)C[C@@H]6/C=C\CCCCC[C@H](NC(=O)C(F)(F)F)C(=O)N5C4)cc(-c4ccc(F)cc4)nc3c2c1. The summed E-state index contributed by atoms with van der Waals surface area (Å²) in [6, 6.07) is 9.03. The Labute approximate surface area is 341 Å². The number of pyridine rings is 1. The summed E-state index contributed by atoms with van der Waals surface area (Å²) in [6.45, 7) is -0.350. The number of rotatable bonds is 8. The number of sulfonamides is 1. The number of ether oxygens (including phenoxy) is 2. The molecule has 4 heterocycles. The lowest BCUT2D eigenvalue weighted by Crippen LogP contribution is -2.58. The molecule has 2 aromatic heterocycles. The van der Waals surface area contributed by atoms with Crippen LogP contribution in [0.4, 0.5) is 17.6 Å². The molecule has 1 saturated heterocycles. The number of furan rings is 1. The van der Waals surface area contributed by atoms with E-state index < -0.39 is 80.5 Å². The Kier molecular flexibility index (Phi) is 10.7. The molecule has 60 heavy (non-hydrogen) atoms. The van der Waals surface area contributed by atoms with Gasteiger partial charge < -0.3 is 29.4 Å². The van der Waals surface area contributed by atoms with Crippen LogP contribution in [-0.2, 0) is 29.2 Å². The first-order chi connectivity index (χ1) is 28.6. The van der Waals surface area contributed by atoms with E-state index in [4.69, 9.17) is 18.9 Å². The van der Waals surface area contributed by atoms with Crippen LogP contribution in [0.2, 0.25) is 0 Å². The summed E-state index contributed by atoms with van der Waals surface area (Å²) >= 11 is 0. The van der Waals surface area contributed by atoms with Crippen molar-refractivity contribution in [2.75, 3.05) is 13.7 Å². The quantitative estimate of drug-likeness (QED) is 0.157. The maximum atomic E-state index is 14.4. The molecule has 3 fully saturated rings. The number of allylic oxidation sites excluding steroid dienone is 1. The minimum atomic E-state index is -5.30. The zero-order chi connectivity index (χ0) is 42.6. The van der Waals surface area contributed by atoms with Crippen LogP contribution in [0, 0.1) is 11.7 Å². The molecular weight excluding hydrogens is 815 g/mol. The molecular formula is C41H41F4N5O9S. The highest BCUT2D eigenvalue weighted by Gasteiger charge is 2.62. The number of aromatic nitrogens is 1. The summed E-state index contributed by atoms with van der Waals surface area (Å²) in [7, 11) is -2.53. The Morgan fingerprint density at radius 2 is 1.80 bits per heavy atom. The summed E-state index contributed by atoms with van der Waals surface area (Å²) in [5.74, 6) is -5.55. The minimum absolute atomic E-state index is 0.0596. The summed E-state index contributed by atoms with van der Waals surface area (Å²) < 4.78 is 101. The number of carbonyl (C=O) groups excluding carboxylic acids is 4. The second kappa shape index (κ2) is 15.7. The number of amides is 4. The van der Waals surface area contributed by atoms with Crippen molar-refractivity contribution in [3.05, 3.63) is 66.5 Å². The van der Waals surface area contributed by atoms with Crippen LogP contribution in [0.3, 0.4) is 0 Å². The maximum Gasteiger partial charge on any atom is 0.471 e. The molecule has 4 amide bonds. The van der Waals surface area contributed by atoms with E-state index >= 15 is 0 Å². The van der Waals surface area contributed by atoms with Gasteiger partial charge in [0.1, 0.15) is 46.4 Å². The fourth-order valence-corrected chi connectivity index (χ4v) is 9.30. The average molecular weight is 856 g/mol. The van der Waals surface area contributed by atoms with Gasteiger partial charge in [-0.2, -0.15) is 13.2 Å². The zero-order valence-corrected chi connectivity index (χ0v) is 33.0. The lowest BCUT2D eigenvalue weighted by molar-refractivity contribution is -0.175. The molecule has 2 aromatic carbocycles. The normalized spacial score (nSPS) is 25.6. The lowest BCUT2D eigenvalue weighted by Gasteiger charge is -2.30. The molecule has 0 bridgehead atoms. The molecule has 0 radical (unpaired) electrons. The van der Waals surface area contributed by atoms with E-state index in [9.17, 15) is 45.2 Å². The number of nitrogens with one attached hydrogen (secondary N) is 3. The van der Waals surface area contributed by atoms with Crippen molar-refractivity contribution >= 4 is 55.7 Å². The van der Waals surface area contributed by atoms with Gasteiger partial charge in [0.25, 0.3) is 5.91 Å². The number of hydrogen-bond donors (Lipinski definition) is 3. The Balaban J connectivity index is 1.16. The molecule has 19 heteroatoms. The number of benzene rings is 2. The average Bonchev–Trinajstić information content (AvgIpc) is 4.11. The van der Waals surface area contributed by atoms with Gasteiger partial charge in [-0.3, -0.25) is 23.9 Å². The van der Waals surface area contributed by atoms with Gasteiger partial charge >= 0.3 is 12.1 Å². The van der Waals surface area contributed by atoms with Crippen molar-refractivity contribution in [3.8, 4) is 22.8 Å². The number of methoxy groups -OCH3 is 1. The third kappa shape index (κ3) is 8.23. The van der Waals surface area contributed by atoms with Gasteiger partial charge in [-0.15, -0.1) is 0 Å². The lowest BCUT2D eigenvalue weighted by atomic mass is 10.0. The van der Waals surface area contributed by atoms with E-state index in [1.165, 1.54) is 31.4 Å². The molecule has 5 atom stereocenters. The van der Waals surface area contributed by atoms with E-state index in [1.54, 1.807) is 36.4 Å². The number of alkyl halides is 3. The van der Waals surface area contributed by atoms with E-state index in [0.29, 0.717) is 65.6 Å². The van der Waals surface area contributed by atoms with E-state index in [1.807, 2.05) is 5.32 Å². The Morgan fingerprint density at radius 3 is 2.52 bits per heavy atom. The van der Waals surface area contributed by atoms with Crippen molar-refractivity contribution in [1.29, 1.82) is 0 Å². The van der Waals surface area contributed by atoms with Gasteiger partial charge in [-0.25, -0.2) is 17.8 Å². The molecule has 2 aliphatic carbocycles. The molecule has 4 aliphatic rings. The number of halogens is 4. The molecule has 318 valence electrons. The monoisotopic (exact) mass is 855 g/mol. The largest absolute Gasteiger partial charge is 0.497 e. The highest BCUT2D eigenvalue weighted by molar-refractivity contribution is 7.91. The summed E-state index contributed by atoms with van der Waals surface area (Å²) in [5.41, 5.74) is 0.110. The highest BCUT2D eigenvalue weighted by Crippen LogP contribution is 2.46. The highest BCUT2D eigenvalue weighted by atomic mass is 32.2. The standard InChI is InChI=1S/C41H41F4N5O9S/c1-57-25-13-16-32-28(17-25)34-35(59-32)33(19-30(46-34)22-9-11-24(42)12-10-22)58-26-18-31-36(51)48-40(38(53)49-60(55,56)27-14-15-27)20-23(40)7-5-3-2-4-6-8-29(37(52)50(31)21-26)47-39(54)41(43,44)45/h5,7,9-13,16-17,19,23,26-27,29,31H,2-4,6,8,14-15,18,20-21H2,1H3,(H,47,54)(H,48,51)(H,49,53)/b7-5-/t23-,26+,29-,31-,40+/m0/s1. The predicted octanol–water partition coefficient (Wildman–Crippen LogP) is 5.19. The van der Waals surface area contributed by atoms with Crippen LogP contribution in [0.25, 0.3) is 33.3 Å². The smallest absolute Gasteiger partial charge is 0.471 e. The molecule has 2 saturated carbocycles. The van der Waals surface area contributed by atoms with Crippen LogP contribution < -0.4 is 24.8 Å². The first-order valence-electron chi connectivity index (χ1n) is 19.6. The third-order valence-corrected chi connectivity index (χ3v) is 13.3. The van der Waals surface area contributed by atoms with Gasteiger partial charge in [0.15, 0.2) is 11.3 Å². The number of nitrogens with zero attached hydrogens (tertiary/aromatic N) is 2. The van der Waals surface area contributed by atoms with Gasteiger partial charge in [0.2, 0.25) is 21.8 Å². The summed E-state index contributed by atoms with van der Waals surface area (Å²) in [4.78, 5) is 60.6. The fourth-order valence-electron chi connectivity index (χ4n) is 7.93. The van der Waals surface area contributed by atoms with Crippen molar-refractivity contribution in [2.45, 2.75) is 92.9 Å². The molecule has 0 unspecified atom stereocenters. The summed E-state index contributed by atoms with van der Waals surface area (Å²) in [6.07, 6.45) is -0.549. The van der Waals surface area contributed by atoms with Crippen LogP contribution in [-0.4, -0.2) is 90.7 Å². The van der Waals surface area contributed by atoms with Crippen LogP contribution in [0.1, 0.15) is 57.8 Å². The van der Waals surface area contributed by atoms with Crippen LogP contribution in [0.15, 0.2) is 65.1 Å². The van der Waals surface area contributed by atoms with Crippen LogP contribution in [0.5, 0.6) is 11.5 Å². The first-order valence-corrected chi connectivity index (χ1v) is 21.2. The van der Waals surface area contributed by atoms with Gasteiger partial charge in [0, 0.05) is 24.0 Å². The Bertz CT molecular complexity index is 2510. The minimum Gasteiger partial charge on any atom is -0.497 e. The number of hydrogen-bond acceptors (Lipinski definition) is 10. The van der Waals surface area contributed by atoms with Crippen molar-refractivity contribution < 1.29 is 59.0 Å². The number of fused-ring (bicyclic) bond motifs is 5. The summed E-state index contributed by atoms with van der Waals surface area (Å²) in [5, 5.41) is 4.36. The fraction of sp³-hybridized carbons (Fsp3) is 0.439. The van der Waals surface area contributed by atoms with E-state index in [-0.39, 0.29) is 43.6 Å². The second-order valence-corrected chi connectivity index (χ2v) is 17.6. The molecule has 8 rings (SSSR count). The molecule has 0 spiro atoms. The zero-order valence-electron chi connectivity index (χ0n) is 32.2. The molecule has 2 aliphatic heterocycles. The van der Waals surface area contributed by atoms with Gasteiger partial charge in [-0.05, 0) is 81.0 Å². The molecule has 14 nitrogen and oxygen atoms in total. The van der Waals surface area contributed by atoms with Gasteiger partial charge in [0.05, 0.1) is 30.0 Å². The Hall–Kier alpha value is -5.72. The maximum absolute atomic E-state index is 14.4. The molecule has 4 aromatic rings. The van der Waals surface area contributed by atoms with Crippen molar-refractivity contribution in [2.24, 2.45) is 5.92 Å². The molecule has 3 N–H and O–H groups in total. The van der Waals surface area contributed by atoms with Crippen molar-refractivity contribution in [1.82, 2.24) is 25.2 Å². The van der Waals surface area contributed by atoms with E-state index in [2.05, 4.69) is 10.0 Å². The topological polar surface area (TPSA) is 186 Å². The first kappa shape index (κ1) is 41.0. The third-order valence-electron chi connectivity index (χ3n) is 11.4. The van der Waals surface area contributed by atoms with E-state index in [0.717, 1.165) is 4.90 Å². The van der Waals surface area contributed by atoms with Gasteiger partial charge in [-0.1, -0.05) is 25.0 Å². The van der Waals surface area contributed by atoms with Crippen molar-refractivity contribution in [3.63, 3.8) is 0 Å². The number of carbonyl (C=O) groups is 4. The second-order valence-electron chi connectivity index (χ2n) is 15.7. The predicted molar refractivity (Wildman–Crippen MR) is 207 cm³/mol. The Morgan fingerprint density at radius 1 is 1.03 bits per heavy atom.